The second kappa shape index (κ2) is 7.10. The van der Waals surface area contributed by atoms with E-state index in [1.165, 1.54) is 25.3 Å². The number of nitrogens with zero attached hydrogens (tertiary/aromatic N) is 3. The first-order chi connectivity index (χ1) is 6.19. The van der Waals surface area contributed by atoms with Crippen molar-refractivity contribution in [2.75, 3.05) is 7.11 Å². The van der Waals surface area contributed by atoms with E-state index in [2.05, 4.69) is 4.98 Å². The molecule has 15 heavy (non-hydrogen) atoms. The molecule has 8 heteroatoms. The summed E-state index contributed by atoms with van der Waals surface area (Å²) in [5.74, 6) is 0.346. The largest absolute Gasteiger partial charge is 1.00 e. The number of benzene rings is 1. The Bertz CT molecular complexity index is 394. The third-order valence-electron chi connectivity index (χ3n) is 1.49. The molecule has 0 saturated heterocycles. The number of hydrogen-bond acceptors (Lipinski definition) is 4. The Labute approximate surface area is 105 Å². The molecule has 0 unspecified atom stereocenters. The molecule has 0 aliphatic carbocycles. The normalized spacial score (nSPS) is 7.73. The molecular formula is C7H6ClN3O3Zn. The maximum atomic E-state index is 10.4. The Morgan fingerprint density at radius 3 is 2.53 bits per heavy atom. The molecule has 0 N–H and O–H groups in total. The zero-order valence-corrected chi connectivity index (χ0v) is 11.6. The van der Waals surface area contributed by atoms with Crippen LogP contribution in [-0.2, 0) is 19.5 Å². The van der Waals surface area contributed by atoms with Gasteiger partial charge >= 0.3 is 11.4 Å². The van der Waals surface area contributed by atoms with Gasteiger partial charge in [-0.05, 0) is 6.07 Å². The minimum atomic E-state index is -0.641. The summed E-state index contributed by atoms with van der Waals surface area (Å²) >= 11 is 0. The molecule has 0 spiro atoms. The van der Waals surface area contributed by atoms with Crippen molar-refractivity contribution in [3.63, 3.8) is 0 Å². The van der Waals surface area contributed by atoms with E-state index in [1.807, 2.05) is 0 Å². The summed E-state index contributed by atoms with van der Waals surface area (Å²) in [5, 5.41) is 18.8. The molecule has 0 fully saturated rings. The first-order valence-corrected chi connectivity index (χ1v) is 3.36. The van der Waals surface area contributed by atoms with E-state index in [-0.39, 0.29) is 43.3 Å². The average Bonchev–Trinajstić information content (AvgIpc) is 2.16. The summed E-state index contributed by atoms with van der Waals surface area (Å²) in [6.07, 6.45) is 0. The van der Waals surface area contributed by atoms with Crippen LogP contribution in [0.4, 0.5) is 11.4 Å². The quantitative estimate of drug-likeness (QED) is 0.304. The number of diazo groups is 1. The number of rotatable bonds is 2. The van der Waals surface area contributed by atoms with Gasteiger partial charge in [-0.3, -0.25) is 10.1 Å². The molecule has 1 rings (SSSR count). The Morgan fingerprint density at radius 2 is 2.13 bits per heavy atom. The van der Waals surface area contributed by atoms with E-state index in [0.717, 1.165) is 0 Å². The molecule has 0 bridgehead atoms. The summed E-state index contributed by atoms with van der Waals surface area (Å²) in [5.41, 5.74) is -0.382. The second-order valence-electron chi connectivity index (χ2n) is 2.21. The summed E-state index contributed by atoms with van der Waals surface area (Å²) in [6.45, 7) is 0. The van der Waals surface area contributed by atoms with Crippen molar-refractivity contribution >= 4 is 11.4 Å². The fraction of sp³-hybridized carbons (Fsp3) is 0.143. The van der Waals surface area contributed by atoms with Gasteiger partial charge in [-0.25, -0.2) is 0 Å². The van der Waals surface area contributed by atoms with Gasteiger partial charge in [0.25, 0.3) is 0 Å². The Hall–Kier alpha value is -1.25. The van der Waals surface area contributed by atoms with Crippen LogP contribution in [0.25, 0.3) is 4.98 Å². The third kappa shape index (κ3) is 3.78. The molecule has 0 aliphatic heterocycles. The van der Waals surface area contributed by atoms with E-state index in [0.29, 0.717) is 5.75 Å². The van der Waals surface area contributed by atoms with Crippen molar-refractivity contribution in [3.05, 3.63) is 33.3 Å². The predicted molar refractivity (Wildman–Crippen MR) is 44.4 cm³/mol. The number of nitro groups is 1. The van der Waals surface area contributed by atoms with Crippen molar-refractivity contribution in [2.45, 2.75) is 0 Å². The van der Waals surface area contributed by atoms with Crippen LogP contribution in [0.3, 0.4) is 0 Å². The van der Waals surface area contributed by atoms with E-state index in [9.17, 15) is 10.1 Å². The average molecular weight is 281 g/mol. The molecule has 0 atom stereocenters. The van der Waals surface area contributed by atoms with Crippen LogP contribution in [0.2, 0.25) is 0 Å². The SMILES string of the molecule is COc1ccc([N+]#N)c([N+](=O)[O-])c1.[Cl-].[Zn]. The molecule has 76 valence electrons. The van der Waals surface area contributed by atoms with Crippen LogP contribution >= 0.6 is 0 Å². The first kappa shape index (κ1) is 16.2. The maximum Gasteiger partial charge on any atom is 0.461 e. The molecule has 0 aliphatic rings. The number of halogens is 1. The molecule has 0 aromatic heterocycles. The van der Waals surface area contributed by atoms with Crippen LogP contribution in [0.5, 0.6) is 5.75 Å². The summed E-state index contributed by atoms with van der Waals surface area (Å²) in [6, 6.07) is 3.97. The van der Waals surface area contributed by atoms with E-state index in [1.54, 1.807) is 0 Å². The Morgan fingerprint density at radius 1 is 1.53 bits per heavy atom. The number of nitro benzene ring substituents is 1. The molecule has 0 heterocycles. The van der Waals surface area contributed by atoms with Crippen LogP contribution in [0, 0.1) is 15.5 Å². The molecule has 1 aromatic carbocycles. The van der Waals surface area contributed by atoms with Gasteiger partial charge in [-0.15, -0.1) is 0 Å². The van der Waals surface area contributed by atoms with Gasteiger partial charge in [0.15, 0.2) is 4.98 Å². The maximum absolute atomic E-state index is 10.4. The zero-order chi connectivity index (χ0) is 9.84. The molecule has 6 nitrogen and oxygen atoms in total. The minimum Gasteiger partial charge on any atom is -1.00 e. The summed E-state index contributed by atoms with van der Waals surface area (Å²) in [4.78, 5) is 12.6. The standard InChI is InChI=1S/C7H6N3O3.ClH.Zn/c1-13-5-2-3-6(9-8)7(4-5)10(11)12;;/h2-4H,1H3;1H;/q+1;;/p-1. The second-order valence-corrected chi connectivity index (χ2v) is 2.21. The Balaban J connectivity index is 0. The molecule has 0 amide bonds. The van der Waals surface area contributed by atoms with Gasteiger partial charge in [0.05, 0.1) is 18.1 Å². The first-order valence-electron chi connectivity index (χ1n) is 3.36. The van der Waals surface area contributed by atoms with Gasteiger partial charge in [0, 0.05) is 25.5 Å². The summed E-state index contributed by atoms with van der Waals surface area (Å²) < 4.78 is 4.78. The fourth-order valence-electron chi connectivity index (χ4n) is 0.861. The van der Waals surface area contributed by atoms with Crippen molar-refractivity contribution < 1.29 is 41.5 Å². The minimum absolute atomic E-state index is 0. The number of hydrogen-bond donors (Lipinski definition) is 0. The number of methoxy groups -OCH3 is 1. The van der Waals surface area contributed by atoms with Gasteiger partial charge in [0.2, 0.25) is 5.39 Å². The van der Waals surface area contributed by atoms with Crippen LogP contribution in [0.15, 0.2) is 18.2 Å². The van der Waals surface area contributed by atoms with E-state index in [4.69, 9.17) is 10.1 Å². The van der Waals surface area contributed by atoms with Crippen LogP contribution in [-0.4, -0.2) is 12.0 Å². The molecule has 0 saturated carbocycles. The molecule has 0 radical (unpaired) electrons. The van der Waals surface area contributed by atoms with Crippen molar-refractivity contribution in [3.8, 4) is 5.75 Å². The van der Waals surface area contributed by atoms with Gasteiger partial charge in [0.1, 0.15) is 5.75 Å². The van der Waals surface area contributed by atoms with Crippen LogP contribution < -0.4 is 17.1 Å². The van der Waals surface area contributed by atoms with Gasteiger partial charge < -0.3 is 17.1 Å². The van der Waals surface area contributed by atoms with Crippen molar-refractivity contribution in [2.24, 2.45) is 0 Å². The molecule has 1 aromatic rings. The smallest absolute Gasteiger partial charge is 0.461 e. The van der Waals surface area contributed by atoms with Gasteiger partial charge in [-0.2, -0.15) is 0 Å². The van der Waals surface area contributed by atoms with E-state index < -0.39 is 4.92 Å². The molecular weight excluding hydrogens is 275 g/mol. The predicted octanol–water partition coefficient (Wildman–Crippen LogP) is -0.911. The topological polar surface area (TPSA) is 80.5 Å². The van der Waals surface area contributed by atoms with E-state index >= 15 is 0 Å². The third-order valence-corrected chi connectivity index (χ3v) is 1.49. The van der Waals surface area contributed by atoms with Crippen LogP contribution in [0.1, 0.15) is 0 Å². The van der Waals surface area contributed by atoms with Crippen molar-refractivity contribution in [1.29, 1.82) is 5.39 Å². The fourth-order valence-corrected chi connectivity index (χ4v) is 0.861. The number of ether oxygens (including phenoxy) is 1. The summed E-state index contributed by atoms with van der Waals surface area (Å²) in [7, 11) is 1.40. The Kier molecular flexibility index (Phi) is 7.66. The zero-order valence-electron chi connectivity index (χ0n) is 7.88. The van der Waals surface area contributed by atoms with Gasteiger partial charge in [-0.1, -0.05) is 0 Å². The monoisotopic (exact) mass is 279 g/mol. The van der Waals surface area contributed by atoms with Crippen molar-refractivity contribution in [1.82, 2.24) is 0 Å².